The molecule has 0 aromatic rings. The number of piperidine rings is 1. The first-order valence-corrected chi connectivity index (χ1v) is 10.7. The summed E-state index contributed by atoms with van der Waals surface area (Å²) >= 11 is 0. The van der Waals surface area contributed by atoms with Crippen LogP contribution in [-0.4, -0.2) is 47.3 Å². The standard InChI is InChI=1S/C21H38NO4/c1-6-19(4)15-21(16(3)20(5,7-2)22(19)23)25-14-18(26-21)13-24-17-11-9-8-10-12-17/h16-18H,6-15H2,1-5H3. The second kappa shape index (κ2) is 7.67. The zero-order chi connectivity index (χ0) is 19.0. The summed E-state index contributed by atoms with van der Waals surface area (Å²) in [6, 6.07) is 0. The van der Waals surface area contributed by atoms with Gasteiger partial charge >= 0.3 is 0 Å². The lowest BCUT2D eigenvalue weighted by Crippen LogP contribution is -2.70. The number of rotatable bonds is 5. The number of hydrogen-bond donors (Lipinski definition) is 0. The predicted octanol–water partition coefficient (Wildman–Crippen LogP) is 4.47. The molecule has 3 rings (SSSR count). The maximum atomic E-state index is 13.2. The van der Waals surface area contributed by atoms with Gasteiger partial charge in [-0.3, -0.25) is 0 Å². The molecule has 1 radical (unpaired) electrons. The molecule has 5 nitrogen and oxygen atoms in total. The van der Waals surface area contributed by atoms with Crippen molar-refractivity contribution < 1.29 is 19.4 Å². The molecule has 26 heavy (non-hydrogen) atoms. The van der Waals surface area contributed by atoms with Crippen molar-refractivity contribution in [2.45, 2.75) is 115 Å². The van der Waals surface area contributed by atoms with Crippen molar-refractivity contribution in [2.24, 2.45) is 5.92 Å². The van der Waals surface area contributed by atoms with Crippen LogP contribution in [0.4, 0.5) is 0 Å². The summed E-state index contributed by atoms with van der Waals surface area (Å²) in [6.07, 6.45) is 8.77. The van der Waals surface area contributed by atoms with Crippen LogP contribution in [-0.2, 0) is 19.4 Å². The summed E-state index contributed by atoms with van der Waals surface area (Å²) in [5.41, 5.74) is -0.946. The monoisotopic (exact) mass is 368 g/mol. The minimum absolute atomic E-state index is 0.0109. The molecule has 1 saturated carbocycles. The van der Waals surface area contributed by atoms with Crippen molar-refractivity contribution in [3.8, 4) is 0 Å². The molecule has 151 valence electrons. The molecule has 2 aliphatic heterocycles. The molecule has 2 heterocycles. The largest absolute Gasteiger partial charge is 0.375 e. The van der Waals surface area contributed by atoms with Gasteiger partial charge in [-0.05, 0) is 39.5 Å². The first-order valence-electron chi connectivity index (χ1n) is 10.7. The summed E-state index contributed by atoms with van der Waals surface area (Å²) in [7, 11) is 0. The van der Waals surface area contributed by atoms with Crippen LogP contribution < -0.4 is 0 Å². The predicted molar refractivity (Wildman–Crippen MR) is 100 cm³/mol. The molecule has 5 atom stereocenters. The fraction of sp³-hybridized carbons (Fsp3) is 1.00. The molecule has 0 N–H and O–H groups in total. The number of nitrogens with zero attached hydrogens (tertiary/aromatic N) is 1. The van der Waals surface area contributed by atoms with Crippen molar-refractivity contribution in [1.82, 2.24) is 5.06 Å². The molecule has 2 saturated heterocycles. The van der Waals surface area contributed by atoms with Crippen molar-refractivity contribution in [3.63, 3.8) is 0 Å². The van der Waals surface area contributed by atoms with E-state index >= 15 is 0 Å². The quantitative estimate of drug-likeness (QED) is 0.718. The molecule has 3 aliphatic rings. The number of ether oxygens (including phenoxy) is 3. The zero-order valence-electron chi connectivity index (χ0n) is 17.4. The van der Waals surface area contributed by atoms with Crippen LogP contribution in [0.5, 0.6) is 0 Å². The Morgan fingerprint density at radius 2 is 1.81 bits per heavy atom. The number of hydrogen-bond acceptors (Lipinski definition) is 4. The molecule has 0 aromatic heterocycles. The van der Waals surface area contributed by atoms with Crippen molar-refractivity contribution in [3.05, 3.63) is 0 Å². The van der Waals surface area contributed by atoms with Gasteiger partial charge in [-0.2, -0.15) is 0 Å². The van der Waals surface area contributed by atoms with Gasteiger partial charge in [0.15, 0.2) is 5.79 Å². The van der Waals surface area contributed by atoms with Gasteiger partial charge in [0, 0.05) is 12.3 Å². The Hall–Kier alpha value is -0.200. The molecule has 1 aliphatic carbocycles. The Bertz CT molecular complexity index is 483. The molecule has 0 bridgehead atoms. The molecule has 5 heteroatoms. The van der Waals surface area contributed by atoms with Crippen molar-refractivity contribution >= 4 is 0 Å². The Morgan fingerprint density at radius 3 is 2.42 bits per heavy atom. The lowest BCUT2D eigenvalue weighted by molar-refractivity contribution is -0.374. The van der Waals surface area contributed by atoms with E-state index in [2.05, 4.69) is 34.6 Å². The Balaban J connectivity index is 1.70. The maximum Gasteiger partial charge on any atom is 0.175 e. The fourth-order valence-electron chi connectivity index (χ4n) is 5.20. The van der Waals surface area contributed by atoms with E-state index in [1.165, 1.54) is 37.2 Å². The van der Waals surface area contributed by atoms with Gasteiger partial charge in [-0.15, -0.1) is 10.3 Å². The number of hydroxylamine groups is 2. The van der Waals surface area contributed by atoms with Gasteiger partial charge in [0.1, 0.15) is 6.10 Å². The molecule has 3 fully saturated rings. The van der Waals surface area contributed by atoms with Crippen molar-refractivity contribution in [1.29, 1.82) is 0 Å². The molecular weight excluding hydrogens is 330 g/mol. The van der Waals surface area contributed by atoms with Crippen molar-refractivity contribution in [2.75, 3.05) is 13.2 Å². The van der Waals surface area contributed by atoms with Gasteiger partial charge in [0.05, 0.1) is 30.4 Å². The lowest BCUT2D eigenvalue weighted by Gasteiger charge is -2.59. The van der Waals surface area contributed by atoms with Gasteiger partial charge in [-0.25, -0.2) is 0 Å². The van der Waals surface area contributed by atoms with Gasteiger partial charge in [-0.1, -0.05) is 40.0 Å². The van der Waals surface area contributed by atoms with E-state index in [-0.39, 0.29) is 12.0 Å². The lowest BCUT2D eigenvalue weighted by atomic mass is 9.67. The Morgan fingerprint density at radius 1 is 1.12 bits per heavy atom. The van der Waals surface area contributed by atoms with E-state index in [0.29, 0.717) is 25.7 Å². The second-order valence-corrected chi connectivity index (χ2v) is 9.21. The van der Waals surface area contributed by atoms with Crippen LogP contribution in [0.15, 0.2) is 0 Å². The van der Waals surface area contributed by atoms with Crippen LogP contribution in [0.2, 0.25) is 0 Å². The van der Waals surface area contributed by atoms with E-state index in [0.717, 1.165) is 12.8 Å². The summed E-state index contributed by atoms with van der Waals surface area (Å²) in [5, 5.41) is 14.5. The minimum Gasteiger partial charge on any atom is -0.375 e. The van der Waals surface area contributed by atoms with Crippen LogP contribution in [0.25, 0.3) is 0 Å². The van der Waals surface area contributed by atoms with E-state index in [9.17, 15) is 5.21 Å². The van der Waals surface area contributed by atoms with E-state index in [1.807, 2.05) is 0 Å². The van der Waals surface area contributed by atoms with Crippen LogP contribution in [0.1, 0.15) is 86.0 Å². The third-order valence-corrected chi connectivity index (χ3v) is 7.60. The van der Waals surface area contributed by atoms with E-state index in [1.54, 1.807) is 0 Å². The highest BCUT2D eigenvalue weighted by atomic mass is 16.8. The maximum absolute atomic E-state index is 13.2. The first kappa shape index (κ1) is 20.5. The van der Waals surface area contributed by atoms with Crippen LogP contribution in [0, 0.1) is 5.92 Å². The van der Waals surface area contributed by atoms with E-state index in [4.69, 9.17) is 14.2 Å². The average molecular weight is 369 g/mol. The summed E-state index contributed by atoms with van der Waals surface area (Å²) in [5.74, 6) is -0.659. The molecule has 1 spiro atoms. The average Bonchev–Trinajstić information content (AvgIpc) is 3.08. The fourth-order valence-corrected chi connectivity index (χ4v) is 5.20. The Labute approximate surface area is 159 Å². The normalized spacial score (nSPS) is 45.5. The molecule has 5 unspecified atom stereocenters. The first-order chi connectivity index (χ1) is 12.3. The van der Waals surface area contributed by atoms with E-state index < -0.39 is 16.9 Å². The highest BCUT2D eigenvalue weighted by Crippen LogP contribution is 2.53. The second-order valence-electron chi connectivity index (χ2n) is 9.21. The molecular formula is C21H38NO4. The third kappa shape index (κ3) is 3.46. The highest BCUT2D eigenvalue weighted by Gasteiger charge is 2.63. The minimum atomic E-state index is -0.670. The SMILES string of the molecule is CCC1(C)CC2(OCC(COC3CCCCC3)O2)C(C)C(C)(CC)N1[O]. The summed E-state index contributed by atoms with van der Waals surface area (Å²) in [6.45, 7) is 11.6. The van der Waals surface area contributed by atoms with Crippen LogP contribution in [0.3, 0.4) is 0 Å². The highest BCUT2D eigenvalue weighted by molar-refractivity contribution is 5.08. The molecule has 0 aromatic carbocycles. The summed E-state index contributed by atoms with van der Waals surface area (Å²) < 4.78 is 19.0. The van der Waals surface area contributed by atoms with Gasteiger partial charge in [0.2, 0.25) is 0 Å². The summed E-state index contributed by atoms with van der Waals surface area (Å²) in [4.78, 5) is 0. The Kier molecular flexibility index (Phi) is 6.06. The van der Waals surface area contributed by atoms with Gasteiger partial charge in [0.25, 0.3) is 0 Å². The smallest absolute Gasteiger partial charge is 0.175 e. The zero-order valence-corrected chi connectivity index (χ0v) is 17.4. The molecule has 0 amide bonds. The van der Waals surface area contributed by atoms with Gasteiger partial charge < -0.3 is 14.2 Å². The topological polar surface area (TPSA) is 50.8 Å². The third-order valence-electron chi connectivity index (χ3n) is 7.60. The van der Waals surface area contributed by atoms with Crippen LogP contribution >= 0.6 is 0 Å².